The van der Waals surface area contributed by atoms with Crippen LogP contribution < -0.4 is 14.8 Å². The van der Waals surface area contributed by atoms with Gasteiger partial charge in [0.25, 0.3) is 5.91 Å². The van der Waals surface area contributed by atoms with E-state index >= 15 is 0 Å². The van der Waals surface area contributed by atoms with Crippen LogP contribution >= 0.6 is 11.8 Å². The smallest absolute Gasteiger partial charge is 0.261 e. The van der Waals surface area contributed by atoms with E-state index in [0.29, 0.717) is 24.5 Å². The maximum atomic E-state index is 12.2. The molecule has 1 aromatic rings. The van der Waals surface area contributed by atoms with Gasteiger partial charge in [0.2, 0.25) is 0 Å². The Balaban J connectivity index is 2.51. The molecule has 0 aliphatic rings. The lowest BCUT2D eigenvalue weighted by Crippen LogP contribution is -2.39. The van der Waals surface area contributed by atoms with E-state index in [1.807, 2.05) is 43.0 Å². The Hall–Kier alpha value is -1.36. The van der Waals surface area contributed by atoms with Gasteiger partial charge in [-0.3, -0.25) is 4.79 Å². The highest BCUT2D eigenvalue weighted by molar-refractivity contribution is 8.00. The van der Waals surface area contributed by atoms with E-state index in [1.165, 1.54) is 0 Å². The van der Waals surface area contributed by atoms with E-state index in [-0.39, 0.29) is 10.7 Å². The summed E-state index contributed by atoms with van der Waals surface area (Å²) in [5.74, 6) is 2.04. The Bertz CT molecular complexity index is 471. The number of hydrogen-bond acceptors (Lipinski definition) is 4. The van der Waals surface area contributed by atoms with Crippen molar-refractivity contribution >= 4 is 17.7 Å². The number of carbonyl (C=O) groups excluding carboxylic acids is 1. The SMILES string of the molecule is CC[C@H](Oc1ccccc1OC)C(=O)NCCSC(C)(C)C. The molecular formula is C17H27NO3S. The Kier molecular flexibility index (Phi) is 7.59. The predicted octanol–water partition coefficient (Wildman–Crippen LogP) is 3.50. The van der Waals surface area contributed by atoms with Gasteiger partial charge in [-0.25, -0.2) is 0 Å². The van der Waals surface area contributed by atoms with Crippen molar-refractivity contribution < 1.29 is 14.3 Å². The summed E-state index contributed by atoms with van der Waals surface area (Å²) in [6.45, 7) is 9.08. The van der Waals surface area contributed by atoms with Crippen molar-refractivity contribution in [3.05, 3.63) is 24.3 Å². The van der Waals surface area contributed by atoms with Gasteiger partial charge in [-0.2, -0.15) is 11.8 Å². The Morgan fingerprint density at radius 2 is 1.91 bits per heavy atom. The van der Waals surface area contributed by atoms with Crippen LogP contribution in [0.25, 0.3) is 0 Å². The van der Waals surface area contributed by atoms with Crippen LogP contribution in [-0.2, 0) is 4.79 Å². The zero-order chi connectivity index (χ0) is 16.6. The van der Waals surface area contributed by atoms with Gasteiger partial charge in [-0.05, 0) is 18.6 Å². The largest absolute Gasteiger partial charge is 0.493 e. The first kappa shape index (κ1) is 18.7. The van der Waals surface area contributed by atoms with E-state index in [0.717, 1.165) is 5.75 Å². The van der Waals surface area contributed by atoms with Crippen LogP contribution in [0.4, 0.5) is 0 Å². The number of hydrogen-bond donors (Lipinski definition) is 1. The zero-order valence-electron chi connectivity index (χ0n) is 14.1. The third kappa shape index (κ3) is 6.60. The Morgan fingerprint density at radius 1 is 1.27 bits per heavy atom. The molecule has 1 atom stereocenters. The van der Waals surface area contributed by atoms with Gasteiger partial charge in [0.05, 0.1) is 7.11 Å². The minimum absolute atomic E-state index is 0.0806. The maximum absolute atomic E-state index is 12.2. The first-order valence-corrected chi connectivity index (χ1v) is 8.57. The van der Waals surface area contributed by atoms with Crippen LogP contribution in [0.15, 0.2) is 24.3 Å². The fourth-order valence-corrected chi connectivity index (χ4v) is 2.65. The number of rotatable bonds is 8. The second kappa shape index (κ2) is 8.93. The molecular weight excluding hydrogens is 298 g/mol. The number of amides is 1. The molecule has 22 heavy (non-hydrogen) atoms. The number of benzene rings is 1. The van der Waals surface area contributed by atoms with Crippen LogP contribution in [-0.4, -0.2) is 36.2 Å². The highest BCUT2D eigenvalue weighted by atomic mass is 32.2. The molecule has 0 aliphatic carbocycles. The number of carbonyl (C=O) groups is 1. The van der Waals surface area contributed by atoms with Gasteiger partial charge >= 0.3 is 0 Å². The maximum Gasteiger partial charge on any atom is 0.261 e. The van der Waals surface area contributed by atoms with E-state index in [1.54, 1.807) is 7.11 Å². The van der Waals surface area contributed by atoms with Crippen LogP contribution in [0.5, 0.6) is 11.5 Å². The van der Waals surface area contributed by atoms with Crippen LogP contribution in [0.1, 0.15) is 34.1 Å². The lowest BCUT2D eigenvalue weighted by molar-refractivity contribution is -0.128. The molecule has 1 N–H and O–H groups in total. The monoisotopic (exact) mass is 325 g/mol. The van der Waals surface area contributed by atoms with Gasteiger partial charge in [0, 0.05) is 17.0 Å². The van der Waals surface area contributed by atoms with Crippen molar-refractivity contribution in [1.29, 1.82) is 0 Å². The molecule has 0 radical (unpaired) electrons. The summed E-state index contributed by atoms with van der Waals surface area (Å²) in [6.07, 6.45) is 0.104. The first-order valence-electron chi connectivity index (χ1n) is 7.58. The summed E-state index contributed by atoms with van der Waals surface area (Å²) < 4.78 is 11.3. The molecule has 0 aliphatic heterocycles. The molecule has 0 spiro atoms. The standard InChI is InChI=1S/C17H27NO3S/c1-6-13(16(19)18-11-12-22-17(2,3)4)21-15-10-8-7-9-14(15)20-5/h7-10,13H,6,11-12H2,1-5H3,(H,18,19)/t13-/m0/s1. The molecule has 0 heterocycles. The van der Waals surface area contributed by atoms with Gasteiger partial charge in [-0.1, -0.05) is 39.8 Å². The Labute approximate surface area is 138 Å². The molecule has 0 unspecified atom stereocenters. The van der Waals surface area contributed by atoms with E-state index in [9.17, 15) is 4.79 Å². The van der Waals surface area contributed by atoms with E-state index in [2.05, 4.69) is 26.1 Å². The third-order valence-corrected chi connectivity index (χ3v) is 4.21. The van der Waals surface area contributed by atoms with Crippen molar-refractivity contribution in [3.63, 3.8) is 0 Å². The number of nitrogens with one attached hydrogen (secondary N) is 1. The van der Waals surface area contributed by atoms with Crippen LogP contribution in [0, 0.1) is 0 Å². The second-order valence-electron chi connectivity index (χ2n) is 5.92. The first-order chi connectivity index (χ1) is 10.4. The number of ether oxygens (including phenoxy) is 2. The molecule has 0 fully saturated rings. The van der Waals surface area contributed by atoms with Crippen LogP contribution in [0.3, 0.4) is 0 Å². The predicted molar refractivity (Wildman–Crippen MR) is 92.9 cm³/mol. The lowest BCUT2D eigenvalue weighted by atomic mass is 10.2. The number of methoxy groups -OCH3 is 1. The van der Waals surface area contributed by atoms with Crippen molar-refractivity contribution in [2.24, 2.45) is 0 Å². The summed E-state index contributed by atoms with van der Waals surface area (Å²) in [5.41, 5.74) is 0. The highest BCUT2D eigenvalue weighted by Gasteiger charge is 2.19. The molecule has 124 valence electrons. The normalized spacial score (nSPS) is 12.6. The molecule has 1 aromatic carbocycles. The van der Waals surface area contributed by atoms with Crippen molar-refractivity contribution in [2.75, 3.05) is 19.4 Å². The summed E-state index contributed by atoms with van der Waals surface area (Å²) in [4.78, 5) is 12.2. The minimum atomic E-state index is -0.504. The topological polar surface area (TPSA) is 47.6 Å². The molecule has 0 saturated heterocycles. The van der Waals surface area contributed by atoms with E-state index in [4.69, 9.17) is 9.47 Å². The molecule has 1 rings (SSSR count). The van der Waals surface area contributed by atoms with Gasteiger partial charge in [0.1, 0.15) is 0 Å². The summed E-state index contributed by atoms with van der Waals surface area (Å²) in [7, 11) is 1.59. The summed E-state index contributed by atoms with van der Waals surface area (Å²) in [6, 6.07) is 7.36. The third-order valence-electron chi connectivity index (χ3n) is 2.94. The van der Waals surface area contributed by atoms with Crippen LogP contribution in [0.2, 0.25) is 0 Å². The van der Waals surface area contributed by atoms with Gasteiger partial charge in [-0.15, -0.1) is 0 Å². The number of thioether (sulfide) groups is 1. The molecule has 5 heteroatoms. The number of para-hydroxylation sites is 2. The fourth-order valence-electron chi connectivity index (χ4n) is 1.84. The average molecular weight is 325 g/mol. The highest BCUT2D eigenvalue weighted by Crippen LogP contribution is 2.27. The van der Waals surface area contributed by atoms with E-state index < -0.39 is 6.10 Å². The van der Waals surface area contributed by atoms with Crippen molar-refractivity contribution in [2.45, 2.75) is 45.0 Å². The van der Waals surface area contributed by atoms with Gasteiger partial charge < -0.3 is 14.8 Å². The zero-order valence-corrected chi connectivity index (χ0v) is 15.0. The lowest BCUT2D eigenvalue weighted by Gasteiger charge is -2.20. The fraction of sp³-hybridized carbons (Fsp3) is 0.588. The second-order valence-corrected chi connectivity index (χ2v) is 7.84. The Morgan fingerprint density at radius 3 is 2.45 bits per heavy atom. The minimum Gasteiger partial charge on any atom is -0.493 e. The van der Waals surface area contributed by atoms with Crippen molar-refractivity contribution in [3.8, 4) is 11.5 Å². The average Bonchev–Trinajstić information content (AvgIpc) is 2.48. The summed E-state index contributed by atoms with van der Waals surface area (Å²) >= 11 is 1.83. The molecule has 1 amide bonds. The molecule has 4 nitrogen and oxygen atoms in total. The van der Waals surface area contributed by atoms with Crippen molar-refractivity contribution in [1.82, 2.24) is 5.32 Å². The molecule has 0 saturated carbocycles. The summed E-state index contributed by atoms with van der Waals surface area (Å²) in [5, 5.41) is 2.94. The molecule has 0 bridgehead atoms. The molecule has 0 aromatic heterocycles. The quantitative estimate of drug-likeness (QED) is 0.743. The van der Waals surface area contributed by atoms with Gasteiger partial charge in [0.15, 0.2) is 17.6 Å².